The standard InChI is InChI=1S/C31H25NO2/c1-32-28(22-14-6-2-7-15-22)26(30(33)24-18-10-4-11-19-24)27(29(32)23-16-8-3-9-17-23)31(34)25-20-12-5-13-21-25/h2-21,26,28H,1H3/t26?,28-/m0/s1. The molecule has 4 aromatic carbocycles. The summed E-state index contributed by atoms with van der Waals surface area (Å²) in [5.74, 6) is -0.803. The molecule has 34 heavy (non-hydrogen) atoms. The van der Waals surface area contributed by atoms with Crippen molar-refractivity contribution in [1.29, 1.82) is 0 Å². The summed E-state index contributed by atoms with van der Waals surface area (Å²) in [6.07, 6.45) is 0. The van der Waals surface area contributed by atoms with E-state index in [-0.39, 0.29) is 17.6 Å². The molecule has 3 nitrogen and oxygen atoms in total. The highest BCUT2D eigenvalue weighted by Gasteiger charge is 2.47. The van der Waals surface area contributed by atoms with Crippen LogP contribution in [-0.4, -0.2) is 23.5 Å². The first kappa shape index (κ1) is 21.6. The SMILES string of the molecule is CN1C(c2ccccc2)=C(C(=O)c2ccccc2)C(C(=O)c2ccccc2)[C@@H]1c1ccccc1. The van der Waals surface area contributed by atoms with E-state index >= 15 is 0 Å². The van der Waals surface area contributed by atoms with Crippen molar-refractivity contribution in [3.8, 4) is 0 Å². The van der Waals surface area contributed by atoms with Crippen LogP contribution in [0.5, 0.6) is 0 Å². The van der Waals surface area contributed by atoms with Gasteiger partial charge in [-0.25, -0.2) is 0 Å². The second-order valence-corrected chi connectivity index (χ2v) is 8.50. The first-order valence-electron chi connectivity index (χ1n) is 11.4. The third-order valence-corrected chi connectivity index (χ3v) is 6.46. The molecule has 1 heterocycles. The van der Waals surface area contributed by atoms with E-state index in [1.165, 1.54) is 0 Å². The molecule has 1 unspecified atom stereocenters. The second-order valence-electron chi connectivity index (χ2n) is 8.50. The Bertz CT molecular complexity index is 1330. The molecule has 0 fully saturated rings. The largest absolute Gasteiger partial charge is 0.366 e. The topological polar surface area (TPSA) is 37.4 Å². The molecule has 3 heteroatoms. The Morgan fingerprint density at radius 1 is 0.618 bits per heavy atom. The number of nitrogens with zero attached hydrogens (tertiary/aromatic N) is 1. The Balaban J connectivity index is 1.76. The summed E-state index contributed by atoms with van der Waals surface area (Å²) in [5, 5.41) is 0. The van der Waals surface area contributed by atoms with Crippen molar-refractivity contribution >= 4 is 17.3 Å². The normalized spacial score (nSPS) is 17.6. The van der Waals surface area contributed by atoms with Gasteiger partial charge in [0.05, 0.1) is 17.7 Å². The monoisotopic (exact) mass is 443 g/mol. The van der Waals surface area contributed by atoms with Crippen molar-refractivity contribution in [3.05, 3.63) is 149 Å². The summed E-state index contributed by atoms with van der Waals surface area (Å²) >= 11 is 0. The van der Waals surface area contributed by atoms with E-state index in [0.29, 0.717) is 16.7 Å². The Hall–Kier alpha value is -4.24. The fourth-order valence-corrected chi connectivity index (χ4v) is 4.93. The lowest BCUT2D eigenvalue weighted by molar-refractivity contribution is 0.0875. The quantitative estimate of drug-likeness (QED) is 0.321. The maximum absolute atomic E-state index is 14.1. The summed E-state index contributed by atoms with van der Waals surface area (Å²) in [6.45, 7) is 0. The Labute approximate surface area is 200 Å². The van der Waals surface area contributed by atoms with Gasteiger partial charge in [-0.2, -0.15) is 0 Å². The highest BCUT2D eigenvalue weighted by atomic mass is 16.1. The Morgan fingerprint density at radius 3 is 1.65 bits per heavy atom. The summed E-state index contributed by atoms with van der Waals surface area (Å²) in [7, 11) is 1.98. The van der Waals surface area contributed by atoms with Gasteiger partial charge in [0.2, 0.25) is 0 Å². The lowest BCUT2D eigenvalue weighted by Crippen LogP contribution is -2.29. The summed E-state index contributed by atoms with van der Waals surface area (Å²) < 4.78 is 0. The minimum absolute atomic E-state index is 0.0495. The van der Waals surface area contributed by atoms with Crippen LogP contribution < -0.4 is 0 Å². The van der Waals surface area contributed by atoms with Crippen molar-refractivity contribution in [2.45, 2.75) is 6.04 Å². The third-order valence-electron chi connectivity index (χ3n) is 6.46. The van der Waals surface area contributed by atoms with Gasteiger partial charge in [0.1, 0.15) is 0 Å². The van der Waals surface area contributed by atoms with E-state index < -0.39 is 5.92 Å². The van der Waals surface area contributed by atoms with Crippen LogP contribution in [0.1, 0.15) is 37.9 Å². The van der Waals surface area contributed by atoms with Gasteiger partial charge in [-0.3, -0.25) is 9.59 Å². The van der Waals surface area contributed by atoms with E-state index in [9.17, 15) is 9.59 Å². The molecule has 0 spiro atoms. The molecule has 0 radical (unpaired) electrons. The van der Waals surface area contributed by atoms with Crippen LogP contribution in [0.3, 0.4) is 0 Å². The molecule has 166 valence electrons. The van der Waals surface area contributed by atoms with Crippen molar-refractivity contribution in [2.24, 2.45) is 5.92 Å². The van der Waals surface area contributed by atoms with Crippen LogP contribution in [0.25, 0.3) is 5.70 Å². The Kier molecular flexibility index (Phi) is 5.92. The van der Waals surface area contributed by atoms with Crippen LogP contribution in [0, 0.1) is 5.92 Å². The summed E-state index contributed by atoms with van der Waals surface area (Å²) in [4.78, 5) is 30.3. The van der Waals surface area contributed by atoms with Crippen LogP contribution in [0.15, 0.2) is 127 Å². The number of ketones is 2. The fraction of sp³-hybridized carbons (Fsp3) is 0.0968. The van der Waals surface area contributed by atoms with Gasteiger partial charge in [-0.1, -0.05) is 121 Å². The summed E-state index contributed by atoms with van der Waals surface area (Å²) in [6, 6.07) is 38.1. The Morgan fingerprint density at radius 2 is 1.09 bits per heavy atom. The number of hydrogen-bond donors (Lipinski definition) is 0. The van der Waals surface area contributed by atoms with Crippen molar-refractivity contribution in [1.82, 2.24) is 4.90 Å². The average Bonchev–Trinajstić information content (AvgIpc) is 3.22. The van der Waals surface area contributed by atoms with Gasteiger partial charge in [-0.15, -0.1) is 0 Å². The zero-order valence-electron chi connectivity index (χ0n) is 19.0. The number of Topliss-reactive ketones (excluding diaryl/α,β-unsaturated/α-hetero) is 2. The average molecular weight is 444 g/mol. The maximum Gasteiger partial charge on any atom is 0.191 e. The number of benzene rings is 4. The highest BCUT2D eigenvalue weighted by molar-refractivity contribution is 6.19. The third kappa shape index (κ3) is 3.86. The lowest BCUT2D eigenvalue weighted by Gasteiger charge is -2.29. The predicted octanol–water partition coefficient (Wildman–Crippen LogP) is 6.47. The van der Waals surface area contributed by atoms with E-state index in [0.717, 1.165) is 16.8 Å². The molecule has 5 rings (SSSR count). The van der Waals surface area contributed by atoms with Crippen LogP contribution in [0.4, 0.5) is 0 Å². The molecular formula is C31H25NO2. The molecule has 0 aliphatic carbocycles. The number of hydrogen-bond acceptors (Lipinski definition) is 3. The molecule has 2 atom stereocenters. The van der Waals surface area contributed by atoms with Crippen LogP contribution in [-0.2, 0) is 0 Å². The van der Waals surface area contributed by atoms with Gasteiger partial charge in [0.15, 0.2) is 11.6 Å². The molecule has 0 aromatic heterocycles. The smallest absolute Gasteiger partial charge is 0.191 e. The minimum Gasteiger partial charge on any atom is -0.366 e. The van der Waals surface area contributed by atoms with Crippen molar-refractivity contribution in [3.63, 3.8) is 0 Å². The van der Waals surface area contributed by atoms with E-state index in [2.05, 4.69) is 4.90 Å². The highest BCUT2D eigenvalue weighted by Crippen LogP contribution is 2.48. The number of rotatable bonds is 6. The van der Waals surface area contributed by atoms with Gasteiger partial charge >= 0.3 is 0 Å². The second kappa shape index (κ2) is 9.32. The van der Waals surface area contributed by atoms with Crippen LogP contribution in [0.2, 0.25) is 0 Å². The predicted molar refractivity (Wildman–Crippen MR) is 135 cm³/mol. The maximum atomic E-state index is 14.1. The molecule has 0 saturated heterocycles. The van der Waals surface area contributed by atoms with Crippen LogP contribution >= 0.6 is 0 Å². The molecule has 0 bridgehead atoms. The molecule has 0 saturated carbocycles. The van der Waals surface area contributed by atoms with Crippen molar-refractivity contribution < 1.29 is 9.59 Å². The number of carbonyl (C=O) groups excluding carboxylic acids is 2. The van der Waals surface area contributed by atoms with Gasteiger partial charge in [-0.05, 0) is 11.1 Å². The molecule has 1 aliphatic heterocycles. The first-order valence-corrected chi connectivity index (χ1v) is 11.4. The zero-order valence-corrected chi connectivity index (χ0v) is 19.0. The number of carbonyl (C=O) groups is 2. The first-order chi connectivity index (χ1) is 16.7. The van der Waals surface area contributed by atoms with E-state index in [1.54, 1.807) is 0 Å². The van der Waals surface area contributed by atoms with Gasteiger partial charge in [0, 0.05) is 23.7 Å². The summed E-state index contributed by atoms with van der Waals surface area (Å²) in [5.41, 5.74) is 4.46. The van der Waals surface area contributed by atoms with Gasteiger partial charge in [0.25, 0.3) is 0 Å². The van der Waals surface area contributed by atoms with E-state index in [4.69, 9.17) is 0 Å². The molecule has 0 N–H and O–H groups in total. The molecule has 0 amide bonds. The van der Waals surface area contributed by atoms with Gasteiger partial charge < -0.3 is 4.90 Å². The molecule has 4 aromatic rings. The molecule has 1 aliphatic rings. The fourth-order valence-electron chi connectivity index (χ4n) is 4.93. The lowest BCUT2D eigenvalue weighted by atomic mass is 9.80. The minimum atomic E-state index is -0.641. The zero-order chi connectivity index (χ0) is 23.5. The van der Waals surface area contributed by atoms with Crippen molar-refractivity contribution in [2.75, 3.05) is 7.05 Å². The van der Waals surface area contributed by atoms with E-state index in [1.807, 2.05) is 128 Å². The molecular weight excluding hydrogens is 418 g/mol.